The Kier molecular flexibility index (Phi) is 6.73. The minimum atomic E-state index is -4.53. The Morgan fingerprint density at radius 2 is 1.89 bits per heavy atom. The molecule has 0 aliphatic heterocycles. The van der Waals surface area contributed by atoms with E-state index in [0.717, 1.165) is 18.2 Å². The van der Waals surface area contributed by atoms with Gasteiger partial charge in [0.15, 0.2) is 11.9 Å². The van der Waals surface area contributed by atoms with Gasteiger partial charge in [0.25, 0.3) is 5.91 Å². The zero-order valence-electron chi connectivity index (χ0n) is 14.2. The molecule has 2 aromatic rings. The number of benzene rings is 1. The molecule has 0 saturated carbocycles. The normalized spacial score (nSPS) is 12.3. The van der Waals surface area contributed by atoms with Crippen LogP contribution in [0, 0.1) is 0 Å². The first-order valence-corrected chi connectivity index (χ1v) is 8.79. The van der Waals surface area contributed by atoms with Gasteiger partial charge in [-0.3, -0.25) is 14.4 Å². The van der Waals surface area contributed by atoms with Gasteiger partial charge in [0.1, 0.15) is 0 Å². The van der Waals surface area contributed by atoms with Gasteiger partial charge < -0.3 is 10.1 Å². The molecule has 27 heavy (non-hydrogen) atoms. The molecule has 2 rings (SSSR count). The number of anilines is 1. The first-order chi connectivity index (χ1) is 12.7. The van der Waals surface area contributed by atoms with Crippen LogP contribution in [0.1, 0.15) is 35.0 Å². The zero-order chi connectivity index (χ0) is 20.0. The number of nitrogens with one attached hydrogen (secondary N) is 1. The Bertz CT molecular complexity index is 818. The van der Waals surface area contributed by atoms with Crippen LogP contribution in [0.4, 0.5) is 18.9 Å². The summed E-state index contributed by atoms with van der Waals surface area (Å²) in [4.78, 5) is 36.1. The standard InChI is InChI=1S/C18H16F3NO4S/c1-11(26-16(24)8-7-14(23)15-6-3-9-27-15)17(25)22-13-5-2-4-12(10-13)18(19,20)21/h2-6,9-11H,7-8H2,1H3,(H,22,25)/t11-/m0/s1. The van der Waals surface area contributed by atoms with Crippen LogP contribution in [-0.4, -0.2) is 23.8 Å². The largest absolute Gasteiger partial charge is 0.453 e. The first kappa shape index (κ1) is 20.6. The summed E-state index contributed by atoms with van der Waals surface area (Å²) >= 11 is 1.26. The van der Waals surface area contributed by atoms with Crippen LogP contribution in [0.2, 0.25) is 0 Å². The van der Waals surface area contributed by atoms with E-state index < -0.39 is 29.7 Å². The number of hydrogen-bond donors (Lipinski definition) is 1. The van der Waals surface area contributed by atoms with E-state index in [1.54, 1.807) is 17.5 Å². The third kappa shape index (κ3) is 6.21. The Morgan fingerprint density at radius 1 is 1.15 bits per heavy atom. The summed E-state index contributed by atoms with van der Waals surface area (Å²) in [5, 5.41) is 4.01. The molecule has 0 aliphatic rings. The van der Waals surface area contributed by atoms with Gasteiger partial charge in [-0.1, -0.05) is 12.1 Å². The molecule has 0 aliphatic carbocycles. The van der Waals surface area contributed by atoms with E-state index in [0.29, 0.717) is 4.88 Å². The van der Waals surface area contributed by atoms with Crippen molar-refractivity contribution in [1.29, 1.82) is 0 Å². The molecule has 1 amide bonds. The van der Waals surface area contributed by atoms with Crippen LogP contribution in [0.25, 0.3) is 0 Å². The average Bonchev–Trinajstić information content (AvgIpc) is 3.13. The molecule has 0 unspecified atom stereocenters. The van der Waals surface area contributed by atoms with Gasteiger partial charge in [-0.15, -0.1) is 11.3 Å². The number of alkyl halides is 3. The summed E-state index contributed by atoms with van der Waals surface area (Å²) in [6.07, 6.45) is -6.00. The third-order valence-electron chi connectivity index (χ3n) is 3.49. The summed E-state index contributed by atoms with van der Waals surface area (Å²) in [7, 11) is 0. The molecule has 1 atom stereocenters. The lowest BCUT2D eigenvalue weighted by atomic mass is 10.2. The van der Waals surface area contributed by atoms with E-state index in [1.165, 1.54) is 24.3 Å². The molecular weight excluding hydrogens is 383 g/mol. The van der Waals surface area contributed by atoms with Crippen molar-refractivity contribution in [3.05, 3.63) is 52.2 Å². The minimum Gasteiger partial charge on any atom is -0.453 e. The van der Waals surface area contributed by atoms with E-state index in [2.05, 4.69) is 5.32 Å². The van der Waals surface area contributed by atoms with Crippen LogP contribution < -0.4 is 5.32 Å². The van der Waals surface area contributed by atoms with E-state index in [4.69, 9.17) is 4.74 Å². The highest BCUT2D eigenvalue weighted by Gasteiger charge is 2.30. The summed E-state index contributed by atoms with van der Waals surface area (Å²) < 4.78 is 43.0. The van der Waals surface area contributed by atoms with E-state index in [-0.39, 0.29) is 24.3 Å². The number of carbonyl (C=O) groups is 3. The minimum absolute atomic E-state index is 0.0543. The molecule has 5 nitrogen and oxygen atoms in total. The quantitative estimate of drug-likeness (QED) is 0.557. The summed E-state index contributed by atoms with van der Waals surface area (Å²) in [5.74, 6) is -1.72. The summed E-state index contributed by atoms with van der Waals surface area (Å²) in [6.45, 7) is 1.29. The van der Waals surface area contributed by atoms with Crippen molar-refractivity contribution < 1.29 is 32.3 Å². The lowest BCUT2D eigenvalue weighted by Crippen LogP contribution is -2.30. The summed E-state index contributed by atoms with van der Waals surface area (Å²) in [6, 6.07) is 7.47. The Morgan fingerprint density at radius 3 is 2.52 bits per heavy atom. The molecule has 1 aromatic heterocycles. The smallest absolute Gasteiger partial charge is 0.416 e. The van der Waals surface area contributed by atoms with Crippen LogP contribution in [-0.2, 0) is 20.5 Å². The maximum Gasteiger partial charge on any atom is 0.416 e. The average molecular weight is 399 g/mol. The molecule has 144 valence electrons. The summed E-state index contributed by atoms with van der Waals surface area (Å²) in [5.41, 5.74) is -0.970. The van der Waals surface area contributed by atoms with Crippen molar-refractivity contribution in [2.24, 2.45) is 0 Å². The van der Waals surface area contributed by atoms with E-state index in [1.807, 2.05) is 0 Å². The second-order valence-electron chi connectivity index (χ2n) is 5.60. The molecule has 1 aromatic carbocycles. The molecule has 0 fully saturated rings. The van der Waals surface area contributed by atoms with Crippen LogP contribution in [0.3, 0.4) is 0 Å². The van der Waals surface area contributed by atoms with Gasteiger partial charge in [-0.2, -0.15) is 13.2 Å². The highest BCUT2D eigenvalue weighted by molar-refractivity contribution is 7.12. The maximum absolute atomic E-state index is 12.7. The lowest BCUT2D eigenvalue weighted by molar-refractivity contribution is -0.153. The van der Waals surface area contributed by atoms with Crippen molar-refractivity contribution >= 4 is 34.7 Å². The number of ether oxygens (including phenoxy) is 1. The molecule has 1 N–H and O–H groups in total. The Labute approximate surface area is 157 Å². The third-order valence-corrected chi connectivity index (χ3v) is 4.40. The fourth-order valence-electron chi connectivity index (χ4n) is 2.10. The van der Waals surface area contributed by atoms with Gasteiger partial charge in [-0.25, -0.2) is 0 Å². The maximum atomic E-state index is 12.7. The number of esters is 1. The fourth-order valence-corrected chi connectivity index (χ4v) is 2.80. The van der Waals surface area contributed by atoms with Crippen LogP contribution in [0.15, 0.2) is 41.8 Å². The predicted molar refractivity (Wildman–Crippen MR) is 93.5 cm³/mol. The number of thiophene rings is 1. The monoisotopic (exact) mass is 399 g/mol. The molecule has 0 saturated heterocycles. The van der Waals surface area contributed by atoms with Gasteiger partial charge in [0, 0.05) is 12.1 Å². The van der Waals surface area contributed by atoms with Crippen molar-refractivity contribution in [3.8, 4) is 0 Å². The van der Waals surface area contributed by atoms with Gasteiger partial charge in [0.05, 0.1) is 16.9 Å². The number of hydrogen-bond acceptors (Lipinski definition) is 5. The van der Waals surface area contributed by atoms with E-state index >= 15 is 0 Å². The van der Waals surface area contributed by atoms with Crippen LogP contribution in [0.5, 0.6) is 0 Å². The second-order valence-corrected chi connectivity index (χ2v) is 6.55. The van der Waals surface area contributed by atoms with Gasteiger partial charge >= 0.3 is 12.1 Å². The van der Waals surface area contributed by atoms with Crippen molar-refractivity contribution in [3.63, 3.8) is 0 Å². The number of amides is 1. The topological polar surface area (TPSA) is 72.5 Å². The number of ketones is 1. The molecule has 1 heterocycles. The zero-order valence-corrected chi connectivity index (χ0v) is 15.0. The van der Waals surface area contributed by atoms with Crippen molar-refractivity contribution in [2.75, 3.05) is 5.32 Å². The second kappa shape index (κ2) is 8.81. The lowest BCUT2D eigenvalue weighted by Gasteiger charge is -2.14. The number of rotatable bonds is 7. The predicted octanol–water partition coefficient (Wildman–Crippen LogP) is 4.30. The number of Topliss-reactive ketones (excluding diaryl/α,β-unsaturated/α-hetero) is 1. The Hall–Kier alpha value is -2.68. The molecule has 9 heteroatoms. The molecular formula is C18H16F3NO4S. The fraction of sp³-hybridized carbons (Fsp3) is 0.278. The number of carbonyl (C=O) groups excluding carboxylic acids is 3. The first-order valence-electron chi connectivity index (χ1n) is 7.91. The molecule has 0 spiro atoms. The Balaban J connectivity index is 1.84. The van der Waals surface area contributed by atoms with E-state index in [9.17, 15) is 27.6 Å². The highest BCUT2D eigenvalue weighted by Crippen LogP contribution is 2.30. The van der Waals surface area contributed by atoms with Gasteiger partial charge in [-0.05, 0) is 36.6 Å². The number of halogens is 3. The van der Waals surface area contributed by atoms with Crippen LogP contribution >= 0.6 is 11.3 Å². The molecule has 0 radical (unpaired) electrons. The van der Waals surface area contributed by atoms with Crippen molar-refractivity contribution in [2.45, 2.75) is 32.0 Å². The van der Waals surface area contributed by atoms with Gasteiger partial charge in [0.2, 0.25) is 0 Å². The highest BCUT2D eigenvalue weighted by atomic mass is 32.1. The van der Waals surface area contributed by atoms with Crippen molar-refractivity contribution in [1.82, 2.24) is 0 Å². The SMILES string of the molecule is C[C@H](OC(=O)CCC(=O)c1cccs1)C(=O)Nc1cccc(C(F)(F)F)c1. The molecule has 0 bridgehead atoms.